The van der Waals surface area contributed by atoms with Gasteiger partial charge in [0.2, 0.25) is 0 Å². The molecule has 1 amide bonds. The number of nitrogens with zero attached hydrogens (tertiary/aromatic N) is 1. The van der Waals surface area contributed by atoms with Gasteiger partial charge in [0.25, 0.3) is 0 Å². The van der Waals surface area contributed by atoms with Crippen LogP contribution in [0.3, 0.4) is 0 Å². The smallest absolute Gasteiger partial charge is 0.416 e. The molecule has 2 aliphatic carbocycles. The molecule has 1 heterocycles. The molecule has 0 aromatic heterocycles. The summed E-state index contributed by atoms with van der Waals surface area (Å²) in [6.45, 7) is 6.03. The van der Waals surface area contributed by atoms with Crippen LogP contribution in [0.5, 0.6) is 5.75 Å². The zero-order chi connectivity index (χ0) is 32.0. The summed E-state index contributed by atoms with van der Waals surface area (Å²) in [4.78, 5) is 14.6. The van der Waals surface area contributed by atoms with E-state index in [0.29, 0.717) is 18.6 Å². The zero-order valence-electron chi connectivity index (χ0n) is 25.5. The first-order valence-electron chi connectivity index (χ1n) is 15.2. The van der Waals surface area contributed by atoms with Crippen molar-refractivity contribution in [1.82, 2.24) is 4.90 Å². The monoisotopic (exact) mass is 623 g/mol. The summed E-state index contributed by atoms with van der Waals surface area (Å²) >= 11 is 0. The Kier molecular flexibility index (Phi) is 8.77. The lowest BCUT2D eigenvalue weighted by Gasteiger charge is -2.36. The molecule has 2 aromatic rings. The summed E-state index contributed by atoms with van der Waals surface area (Å²) in [6.07, 6.45) is -3.81. The first kappa shape index (κ1) is 32.2. The van der Waals surface area contributed by atoms with Crippen LogP contribution in [0, 0.1) is 11.3 Å². The zero-order valence-corrected chi connectivity index (χ0v) is 25.5. The Bertz CT molecular complexity index is 1390. The van der Waals surface area contributed by atoms with Crippen molar-refractivity contribution in [3.8, 4) is 5.75 Å². The first-order chi connectivity index (χ1) is 20.6. The molecule has 240 valence electrons. The van der Waals surface area contributed by atoms with Crippen molar-refractivity contribution >= 4 is 11.7 Å². The Labute approximate surface area is 254 Å². The fourth-order valence-corrected chi connectivity index (χ4v) is 6.70. The molecule has 1 saturated heterocycles. The maximum absolute atomic E-state index is 13.6. The van der Waals surface area contributed by atoms with Crippen LogP contribution in [-0.4, -0.2) is 30.7 Å². The molecular weight excluding hydrogens is 584 g/mol. The predicted octanol–water partition coefficient (Wildman–Crippen LogP) is 10.0. The number of benzene rings is 2. The molecule has 1 aliphatic heterocycles. The molecule has 44 heavy (non-hydrogen) atoms. The number of carbonyl (C=O) groups excluding carboxylic acids is 1. The van der Waals surface area contributed by atoms with E-state index in [-0.39, 0.29) is 23.6 Å². The van der Waals surface area contributed by atoms with Gasteiger partial charge in [-0.3, -0.25) is 4.90 Å². The molecule has 5 rings (SSSR count). The van der Waals surface area contributed by atoms with Gasteiger partial charge in [-0.05, 0) is 103 Å². The summed E-state index contributed by atoms with van der Waals surface area (Å²) < 4.78 is 92.6. The van der Waals surface area contributed by atoms with E-state index in [1.807, 2.05) is 6.07 Å². The molecule has 3 aliphatic rings. The molecule has 2 fully saturated rings. The summed E-state index contributed by atoms with van der Waals surface area (Å²) in [7, 11) is 1.62. The normalized spacial score (nSPS) is 22.7. The van der Waals surface area contributed by atoms with Gasteiger partial charge in [-0.25, -0.2) is 4.79 Å². The molecule has 1 unspecified atom stereocenters. The van der Waals surface area contributed by atoms with Gasteiger partial charge in [-0.15, -0.1) is 0 Å². The van der Waals surface area contributed by atoms with E-state index in [1.165, 1.54) is 29.7 Å². The minimum Gasteiger partial charge on any atom is -0.496 e. The molecule has 0 radical (unpaired) electrons. The van der Waals surface area contributed by atoms with Gasteiger partial charge >= 0.3 is 18.4 Å². The highest BCUT2D eigenvalue weighted by Gasteiger charge is 2.44. The number of amides is 1. The Morgan fingerprint density at radius 1 is 1.00 bits per heavy atom. The van der Waals surface area contributed by atoms with E-state index in [9.17, 15) is 31.1 Å². The number of aryl methyl sites for hydroxylation is 1. The van der Waals surface area contributed by atoms with Crippen LogP contribution in [0.2, 0.25) is 0 Å². The van der Waals surface area contributed by atoms with Crippen molar-refractivity contribution in [2.24, 2.45) is 11.3 Å². The predicted molar refractivity (Wildman–Crippen MR) is 155 cm³/mol. The van der Waals surface area contributed by atoms with Gasteiger partial charge in [-0.1, -0.05) is 39.2 Å². The van der Waals surface area contributed by atoms with Gasteiger partial charge in [0.1, 0.15) is 11.9 Å². The molecule has 10 heteroatoms. The maximum atomic E-state index is 13.6. The van der Waals surface area contributed by atoms with Gasteiger partial charge in [0.15, 0.2) is 0 Å². The third-order valence-electron chi connectivity index (χ3n) is 9.52. The average molecular weight is 624 g/mol. The van der Waals surface area contributed by atoms with E-state index in [1.54, 1.807) is 14.0 Å². The Balaban J connectivity index is 1.48. The summed E-state index contributed by atoms with van der Waals surface area (Å²) in [6, 6.07) is 6.79. The lowest BCUT2D eigenvalue weighted by Crippen LogP contribution is -2.35. The second-order valence-corrected chi connectivity index (χ2v) is 13.3. The number of rotatable bonds is 8. The van der Waals surface area contributed by atoms with Crippen LogP contribution in [0.15, 0.2) is 42.0 Å². The van der Waals surface area contributed by atoms with Gasteiger partial charge in [0.05, 0.1) is 24.3 Å². The van der Waals surface area contributed by atoms with Gasteiger partial charge in [-0.2, -0.15) is 26.3 Å². The summed E-state index contributed by atoms with van der Waals surface area (Å²) in [5, 5.41) is 0. The number of hydrogen-bond donors (Lipinski definition) is 0. The molecule has 2 atom stereocenters. The highest BCUT2D eigenvalue weighted by molar-refractivity contribution is 5.77. The second-order valence-electron chi connectivity index (χ2n) is 13.3. The minimum absolute atomic E-state index is 0.0666. The van der Waals surface area contributed by atoms with Crippen molar-refractivity contribution in [2.75, 3.05) is 13.7 Å². The first-order valence-corrected chi connectivity index (χ1v) is 15.2. The molecule has 0 N–H and O–H groups in total. The average Bonchev–Trinajstić information content (AvgIpc) is 3.19. The van der Waals surface area contributed by atoms with E-state index >= 15 is 0 Å². The molecule has 0 spiro atoms. The number of halogens is 6. The summed E-state index contributed by atoms with van der Waals surface area (Å²) in [5.74, 6) is 1.49. The second kappa shape index (κ2) is 12.0. The number of ether oxygens (including phenoxy) is 2. The van der Waals surface area contributed by atoms with E-state index in [4.69, 9.17) is 9.47 Å². The molecule has 2 aromatic carbocycles. The molecule has 0 bridgehead atoms. The Morgan fingerprint density at radius 3 is 2.23 bits per heavy atom. The standard InChI is InChI=1S/C34H39F6NO3/c1-20-30(23-15-25(33(35,36)37)17-26(16-23)34(38,39)40)44-31(42)41(20)19-24-18-32(2,3)13-12-27(24)28-14-22(10-11-29(28)43-4)9-8-21-6-5-7-21/h10-11,14-17,20-21,30H,5-9,12-13,18-19H2,1-4H3/t20-,30?/m0/s1. The van der Waals surface area contributed by atoms with Crippen LogP contribution in [0.25, 0.3) is 5.57 Å². The Hall–Kier alpha value is -3.17. The number of hydrogen-bond acceptors (Lipinski definition) is 3. The van der Waals surface area contributed by atoms with Crippen molar-refractivity contribution in [3.05, 3.63) is 69.8 Å². The molecular formula is C34H39F6NO3. The van der Waals surface area contributed by atoms with Crippen LogP contribution in [0.1, 0.15) is 99.6 Å². The third-order valence-corrected chi connectivity index (χ3v) is 9.52. The lowest BCUT2D eigenvalue weighted by molar-refractivity contribution is -0.143. The largest absolute Gasteiger partial charge is 0.496 e. The SMILES string of the molecule is COc1ccc(CCC2CCC2)cc1C1=C(CN2C(=O)OC(c3cc(C(F)(F)F)cc(C(F)(F)F)c3)[C@@H]2C)CC(C)(C)CC1. The topological polar surface area (TPSA) is 38.8 Å². The maximum Gasteiger partial charge on any atom is 0.416 e. The van der Waals surface area contributed by atoms with Gasteiger partial charge in [0, 0.05) is 12.1 Å². The number of carbonyl (C=O) groups is 1. The molecule has 1 saturated carbocycles. The fraction of sp³-hybridized carbons (Fsp3) is 0.559. The quantitative estimate of drug-likeness (QED) is 0.275. The van der Waals surface area contributed by atoms with E-state index in [0.717, 1.165) is 54.1 Å². The number of cyclic esters (lactones) is 1. The van der Waals surface area contributed by atoms with Crippen molar-refractivity contribution in [3.63, 3.8) is 0 Å². The van der Waals surface area contributed by atoms with Crippen LogP contribution < -0.4 is 4.74 Å². The summed E-state index contributed by atoms with van der Waals surface area (Å²) in [5.41, 5.74) is 0.947. The van der Waals surface area contributed by atoms with Crippen LogP contribution >= 0.6 is 0 Å². The van der Waals surface area contributed by atoms with Crippen molar-refractivity contribution in [2.45, 2.75) is 96.6 Å². The fourth-order valence-electron chi connectivity index (χ4n) is 6.70. The highest BCUT2D eigenvalue weighted by atomic mass is 19.4. The molecule has 4 nitrogen and oxygen atoms in total. The number of methoxy groups -OCH3 is 1. The van der Waals surface area contributed by atoms with Crippen LogP contribution in [-0.2, 0) is 23.5 Å². The van der Waals surface area contributed by atoms with Crippen molar-refractivity contribution < 1.29 is 40.6 Å². The third kappa shape index (κ3) is 6.89. The minimum atomic E-state index is -5.00. The van der Waals surface area contributed by atoms with E-state index in [2.05, 4.69) is 26.0 Å². The van der Waals surface area contributed by atoms with E-state index < -0.39 is 41.7 Å². The van der Waals surface area contributed by atoms with Crippen LogP contribution in [0.4, 0.5) is 31.1 Å². The highest BCUT2D eigenvalue weighted by Crippen LogP contribution is 2.47. The lowest BCUT2D eigenvalue weighted by atomic mass is 9.72. The number of alkyl halides is 6. The Morgan fingerprint density at radius 2 is 1.66 bits per heavy atom. The van der Waals surface area contributed by atoms with Crippen molar-refractivity contribution in [1.29, 1.82) is 0 Å². The van der Waals surface area contributed by atoms with Gasteiger partial charge < -0.3 is 9.47 Å². The number of allylic oxidation sites excluding steroid dienone is 1.